The van der Waals surface area contributed by atoms with Gasteiger partial charge in [-0.1, -0.05) is 31.9 Å². The van der Waals surface area contributed by atoms with Gasteiger partial charge in [0.1, 0.15) is 5.75 Å². The third-order valence-corrected chi connectivity index (χ3v) is 2.31. The van der Waals surface area contributed by atoms with Crippen molar-refractivity contribution < 1.29 is 9.53 Å². The van der Waals surface area contributed by atoms with Gasteiger partial charge in [0.15, 0.2) is 0 Å². The predicted molar refractivity (Wildman–Crippen MR) is 64.5 cm³/mol. The average Bonchev–Trinajstić information content (AvgIpc) is 2.34. The van der Waals surface area contributed by atoms with Crippen LogP contribution in [-0.2, 0) is 0 Å². The van der Waals surface area contributed by atoms with Crippen LogP contribution in [0.15, 0.2) is 24.3 Å². The lowest BCUT2D eigenvalue weighted by Gasteiger charge is -2.08. The van der Waals surface area contributed by atoms with Crippen LogP contribution in [0.5, 0.6) is 5.75 Å². The normalized spacial score (nSPS) is 9.88. The Kier molecular flexibility index (Phi) is 5.40. The first kappa shape index (κ1) is 12.6. The SMILES string of the molecule is [CH2]CCCCNC(=O)c1ccccc1OC. The Labute approximate surface area is 96.8 Å². The van der Waals surface area contributed by atoms with Crippen LogP contribution < -0.4 is 10.1 Å². The van der Waals surface area contributed by atoms with Crippen molar-refractivity contribution in [1.82, 2.24) is 5.32 Å². The molecule has 0 atom stereocenters. The molecule has 1 rings (SSSR count). The Balaban J connectivity index is 2.52. The van der Waals surface area contributed by atoms with Gasteiger partial charge in [0.25, 0.3) is 5.91 Å². The maximum Gasteiger partial charge on any atom is 0.255 e. The van der Waals surface area contributed by atoms with Crippen molar-refractivity contribution in [3.05, 3.63) is 36.8 Å². The molecule has 0 fully saturated rings. The van der Waals surface area contributed by atoms with E-state index in [2.05, 4.69) is 12.2 Å². The van der Waals surface area contributed by atoms with Crippen molar-refractivity contribution in [2.75, 3.05) is 13.7 Å². The first-order chi connectivity index (χ1) is 7.79. The Hall–Kier alpha value is -1.51. The van der Waals surface area contributed by atoms with E-state index < -0.39 is 0 Å². The van der Waals surface area contributed by atoms with Crippen LogP contribution in [0.1, 0.15) is 29.6 Å². The molecule has 0 aliphatic rings. The molecule has 0 bridgehead atoms. The van der Waals surface area contributed by atoms with Crippen LogP contribution in [0.2, 0.25) is 0 Å². The lowest BCUT2D eigenvalue weighted by atomic mass is 10.2. The van der Waals surface area contributed by atoms with E-state index in [0.29, 0.717) is 17.9 Å². The zero-order valence-electron chi connectivity index (χ0n) is 9.66. The molecule has 0 unspecified atom stereocenters. The second-order valence-corrected chi connectivity index (χ2v) is 3.52. The largest absolute Gasteiger partial charge is 0.496 e. The van der Waals surface area contributed by atoms with Crippen molar-refractivity contribution >= 4 is 5.91 Å². The van der Waals surface area contributed by atoms with Gasteiger partial charge in [-0.05, 0) is 18.6 Å². The van der Waals surface area contributed by atoms with Crippen molar-refractivity contribution in [2.45, 2.75) is 19.3 Å². The molecule has 0 aliphatic heterocycles. The third-order valence-electron chi connectivity index (χ3n) is 2.31. The van der Waals surface area contributed by atoms with E-state index in [1.165, 1.54) is 0 Å². The Morgan fingerprint density at radius 1 is 1.38 bits per heavy atom. The standard InChI is InChI=1S/C13H18NO2/c1-3-4-7-10-14-13(15)11-8-5-6-9-12(11)16-2/h5-6,8-9H,1,3-4,7,10H2,2H3,(H,14,15). The summed E-state index contributed by atoms with van der Waals surface area (Å²) in [4.78, 5) is 11.8. The molecule has 0 aromatic heterocycles. The van der Waals surface area contributed by atoms with Crippen molar-refractivity contribution in [3.63, 3.8) is 0 Å². The lowest BCUT2D eigenvalue weighted by molar-refractivity contribution is 0.0950. The zero-order valence-corrected chi connectivity index (χ0v) is 9.66. The minimum Gasteiger partial charge on any atom is -0.496 e. The van der Waals surface area contributed by atoms with Crippen LogP contribution in [-0.4, -0.2) is 19.6 Å². The number of amides is 1. The van der Waals surface area contributed by atoms with Gasteiger partial charge in [-0.3, -0.25) is 4.79 Å². The summed E-state index contributed by atoms with van der Waals surface area (Å²) in [5, 5.41) is 2.86. The number of nitrogens with one attached hydrogen (secondary N) is 1. The van der Waals surface area contributed by atoms with Crippen LogP contribution >= 0.6 is 0 Å². The monoisotopic (exact) mass is 220 g/mol. The molecule has 3 nitrogen and oxygen atoms in total. The molecule has 1 amide bonds. The van der Waals surface area contributed by atoms with E-state index in [4.69, 9.17) is 4.74 Å². The molecule has 0 saturated heterocycles. The molecule has 0 saturated carbocycles. The number of hydrogen-bond acceptors (Lipinski definition) is 2. The van der Waals surface area contributed by atoms with E-state index >= 15 is 0 Å². The van der Waals surface area contributed by atoms with Crippen LogP contribution in [0, 0.1) is 6.92 Å². The quantitative estimate of drug-likeness (QED) is 0.748. The van der Waals surface area contributed by atoms with Crippen molar-refractivity contribution in [1.29, 1.82) is 0 Å². The number of ether oxygens (including phenoxy) is 1. The summed E-state index contributed by atoms with van der Waals surface area (Å²) in [5.74, 6) is 0.527. The number of unbranched alkanes of at least 4 members (excludes halogenated alkanes) is 2. The fraction of sp³-hybridized carbons (Fsp3) is 0.385. The van der Waals surface area contributed by atoms with E-state index in [0.717, 1.165) is 19.3 Å². The molecular formula is C13H18NO2. The highest BCUT2D eigenvalue weighted by atomic mass is 16.5. The lowest BCUT2D eigenvalue weighted by Crippen LogP contribution is -2.24. The summed E-state index contributed by atoms with van der Waals surface area (Å²) in [7, 11) is 1.56. The molecular weight excluding hydrogens is 202 g/mol. The van der Waals surface area contributed by atoms with E-state index in [-0.39, 0.29) is 5.91 Å². The second-order valence-electron chi connectivity index (χ2n) is 3.52. The summed E-state index contributed by atoms with van der Waals surface area (Å²) >= 11 is 0. The maximum atomic E-state index is 11.8. The maximum absolute atomic E-state index is 11.8. The van der Waals surface area contributed by atoms with Gasteiger partial charge in [-0.15, -0.1) is 0 Å². The highest BCUT2D eigenvalue weighted by Crippen LogP contribution is 2.16. The third kappa shape index (κ3) is 3.57. The van der Waals surface area contributed by atoms with E-state index in [1.54, 1.807) is 19.2 Å². The first-order valence-electron chi connectivity index (χ1n) is 5.50. The number of benzene rings is 1. The van der Waals surface area contributed by atoms with Gasteiger partial charge in [0.2, 0.25) is 0 Å². The van der Waals surface area contributed by atoms with Gasteiger partial charge < -0.3 is 10.1 Å². The molecule has 0 aliphatic carbocycles. The second kappa shape index (κ2) is 6.88. The summed E-state index contributed by atoms with van der Waals surface area (Å²) in [6.45, 7) is 4.44. The number of para-hydroxylation sites is 1. The number of methoxy groups -OCH3 is 1. The topological polar surface area (TPSA) is 38.3 Å². The number of hydrogen-bond donors (Lipinski definition) is 1. The van der Waals surface area contributed by atoms with E-state index in [9.17, 15) is 4.79 Å². The Bertz CT molecular complexity index is 336. The van der Waals surface area contributed by atoms with Crippen molar-refractivity contribution in [3.8, 4) is 5.75 Å². The van der Waals surface area contributed by atoms with Gasteiger partial charge in [-0.25, -0.2) is 0 Å². The minimum atomic E-state index is -0.0819. The summed E-state index contributed by atoms with van der Waals surface area (Å²) in [5.41, 5.74) is 0.583. The first-order valence-corrected chi connectivity index (χ1v) is 5.50. The van der Waals surface area contributed by atoms with Crippen LogP contribution in [0.3, 0.4) is 0 Å². The summed E-state index contributed by atoms with van der Waals surface area (Å²) in [6.07, 6.45) is 2.90. The van der Waals surface area contributed by atoms with Crippen LogP contribution in [0.25, 0.3) is 0 Å². The summed E-state index contributed by atoms with van der Waals surface area (Å²) < 4.78 is 5.12. The molecule has 87 valence electrons. The molecule has 1 N–H and O–H groups in total. The smallest absolute Gasteiger partial charge is 0.255 e. The number of rotatable bonds is 6. The van der Waals surface area contributed by atoms with Gasteiger partial charge in [0, 0.05) is 6.54 Å². The fourth-order valence-corrected chi connectivity index (χ4v) is 1.43. The summed E-state index contributed by atoms with van der Waals surface area (Å²) in [6, 6.07) is 7.21. The molecule has 0 heterocycles. The van der Waals surface area contributed by atoms with E-state index in [1.807, 2.05) is 12.1 Å². The molecule has 3 heteroatoms. The molecule has 1 aromatic rings. The highest BCUT2D eigenvalue weighted by Gasteiger charge is 2.09. The number of carbonyl (C=O) groups is 1. The van der Waals surface area contributed by atoms with Gasteiger partial charge in [-0.2, -0.15) is 0 Å². The van der Waals surface area contributed by atoms with Crippen molar-refractivity contribution in [2.24, 2.45) is 0 Å². The Morgan fingerprint density at radius 3 is 2.81 bits per heavy atom. The minimum absolute atomic E-state index is 0.0819. The Morgan fingerprint density at radius 2 is 2.12 bits per heavy atom. The number of carbonyl (C=O) groups excluding carboxylic acids is 1. The highest BCUT2D eigenvalue weighted by molar-refractivity contribution is 5.96. The van der Waals surface area contributed by atoms with Gasteiger partial charge in [0.05, 0.1) is 12.7 Å². The molecule has 1 radical (unpaired) electrons. The average molecular weight is 220 g/mol. The van der Waals surface area contributed by atoms with Gasteiger partial charge >= 0.3 is 0 Å². The van der Waals surface area contributed by atoms with Crippen LogP contribution in [0.4, 0.5) is 0 Å². The predicted octanol–water partition coefficient (Wildman–Crippen LogP) is 2.43. The fourth-order valence-electron chi connectivity index (χ4n) is 1.43. The molecule has 16 heavy (non-hydrogen) atoms. The zero-order chi connectivity index (χ0) is 11.8. The molecule has 0 spiro atoms. The molecule has 1 aromatic carbocycles.